The average molecular weight is 313 g/mol. The van der Waals surface area contributed by atoms with Crippen molar-refractivity contribution in [3.8, 4) is 0 Å². The van der Waals surface area contributed by atoms with E-state index in [0.29, 0.717) is 0 Å². The van der Waals surface area contributed by atoms with Gasteiger partial charge in [-0.1, -0.05) is 0 Å². The monoisotopic (exact) mass is 313 g/mol. The Hall–Kier alpha value is -0.850. The summed E-state index contributed by atoms with van der Waals surface area (Å²) in [5.74, 6) is 0. The molecule has 2 rings (SSSR count). The first-order valence-corrected chi connectivity index (χ1v) is 8.30. The number of ether oxygens (including phenoxy) is 2. The maximum atomic E-state index is 12.0. The number of carbonyl (C=O) groups excluding carboxylic acids is 1. The number of rotatable bonds is 5. The number of hydrogen-bond acceptors (Lipinski definition) is 5. The number of hydrogen-bond donors (Lipinski definition) is 1. The van der Waals surface area contributed by atoms with Gasteiger partial charge < -0.3 is 19.7 Å². The molecular weight excluding hydrogens is 282 g/mol. The third-order valence-corrected chi connectivity index (χ3v) is 4.46. The summed E-state index contributed by atoms with van der Waals surface area (Å²) in [5.41, 5.74) is -0.349. The SMILES string of the molecule is COC1(CCCN2CCN(C(=O)OC(C)(C)C)CC2)CNC1. The molecule has 22 heavy (non-hydrogen) atoms. The second kappa shape index (κ2) is 7.15. The fourth-order valence-electron chi connectivity index (χ4n) is 2.93. The summed E-state index contributed by atoms with van der Waals surface area (Å²) < 4.78 is 11.0. The Balaban J connectivity index is 1.64. The van der Waals surface area contributed by atoms with Crippen molar-refractivity contribution < 1.29 is 14.3 Å². The molecule has 2 aliphatic rings. The van der Waals surface area contributed by atoms with Crippen molar-refractivity contribution in [2.75, 3.05) is 52.9 Å². The molecule has 6 nitrogen and oxygen atoms in total. The van der Waals surface area contributed by atoms with Crippen LogP contribution in [0.1, 0.15) is 33.6 Å². The van der Waals surface area contributed by atoms with Crippen LogP contribution < -0.4 is 5.32 Å². The van der Waals surface area contributed by atoms with Crippen LogP contribution in [0.5, 0.6) is 0 Å². The number of carbonyl (C=O) groups is 1. The van der Waals surface area contributed by atoms with Crippen LogP contribution in [0.4, 0.5) is 4.79 Å². The summed E-state index contributed by atoms with van der Waals surface area (Å²) in [5, 5.41) is 3.28. The zero-order valence-electron chi connectivity index (χ0n) is 14.5. The molecule has 2 saturated heterocycles. The van der Waals surface area contributed by atoms with Crippen LogP contribution >= 0.6 is 0 Å². The smallest absolute Gasteiger partial charge is 0.410 e. The molecule has 128 valence electrons. The Kier molecular flexibility index (Phi) is 5.69. The fraction of sp³-hybridized carbons (Fsp3) is 0.938. The highest BCUT2D eigenvalue weighted by Crippen LogP contribution is 2.22. The van der Waals surface area contributed by atoms with E-state index in [1.807, 2.05) is 25.7 Å². The van der Waals surface area contributed by atoms with Crippen molar-refractivity contribution in [3.63, 3.8) is 0 Å². The minimum absolute atomic E-state index is 0.0678. The van der Waals surface area contributed by atoms with Crippen LogP contribution in [0.25, 0.3) is 0 Å². The quantitative estimate of drug-likeness (QED) is 0.829. The van der Waals surface area contributed by atoms with Gasteiger partial charge in [-0.3, -0.25) is 4.90 Å². The van der Waals surface area contributed by atoms with Gasteiger partial charge in [0.25, 0.3) is 0 Å². The topological polar surface area (TPSA) is 54.0 Å². The molecular formula is C16H31N3O3. The van der Waals surface area contributed by atoms with Gasteiger partial charge in [-0.25, -0.2) is 4.79 Å². The van der Waals surface area contributed by atoms with Crippen LogP contribution in [0, 0.1) is 0 Å². The molecule has 0 atom stereocenters. The molecule has 2 fully saturated rings. The molecule has 0 unspecified atom stereocenters. The highest BCUT2D eigenvalue weighted by Gasteiger charge is 2.36. The van der Waals surface area contributed by atoms with E-state index >= 15 is 0 Å². The largest absolute Gasteiger partial charge is 0.444 e. The molecule has 2 aliphatic heterocycles. The molecule has 0 aromatic rings. The Morgan fingerprint density at radius 3 is 2.27 bits per heavy atom. The number of piperazine rings is 1. The Morgan fingerprint density at radius 2 is 1.82 bits per heavy atom. The van der Waals surface area contributed by atoms with E-state index < -0.39 is 5.60 Å². The lowest BCUT2D eigenvalue weighted by Crippen LogP contribution is -2.60. The molecule has 0 spiro atoms. The molecule has 1 amide bonds. The van der Waals surface area contributed by atoms with E-state index in [9.17, 15) is 4.79 Å². The van der Waals surface area contributed by atoms with Crippen LogP contribution in [0.15, 0.2) is 0 Å². The average Bonchev–Trinajstić information content (AvgIpc) is 2.40. The van der Waals surface area contributed by atoms with Gasteiger partial charge in [-0.15, -0.1) is 0 Å². The first-order valence-electron chi connectivity index (χ1n) is 8.30. The molecule has 1 N–H and O–H groups in total. The predicted octanol–water partition coefficient (Wildman–Crippen LogP) is 1.31. The molecule has 0 bridgehead atoms. The first-order chi connectivity index (χ1) is 10.3. The van der Waals surface area contributed by atoms with Crippen molar-refractivity contribution in [1.29, 1.82) is 0 Å². The zero-order chi connectivity index (χ0) is 16.2. The molecule has 0 aliphatic carbocycles. The molecule has 2 heterocycles. The van der Waals surface area contributed by atoms with E-state index in [-0.39, 0.29) is 11.7 Å². The molecule has 6 heteroatoms. The van der Waals surface area contributed by atoms with Gasteiger partial charge in [-0.2, -0.15) is 0 Å². The highest BCUT2D eigenvalue weighted by atomic mass is 16.6. The summed E-state index contributed by atoms with van der Waals surface area (Å²) >= 11 is 0. The fourth-order valence-corrected chi connectivity index (χ4v) is 2.93. The summed E-state index contributed by atoms with van der Waals surface area (Å²) in [7, 11) is 1.81. The first kappa shape index (κ1) is 17.5. The van der Waals surface area contributed by atoms with Crippen LogP contribution in [0.3, 0.4) is 0 Å². The molecule has 0 aromatic heterocycles. The van der Waals surface area contributed by atoms with Gasteiger partial charge in [0.05, 0.1) is 5.60 Å². The Labute approximate surface area is 134 Å². The van der Waals surface area contributed by atoms with Crippen LogP contribution in [-0.4, -0.2) is 80.0 Å². The van der Waals surface area contributed by atoms with Crippen molar-refractivity contribution in [2.45, 2.75) is 44.8 Å². The third-order valence-electron chi connectivity index (χ3n) is 4.46. The molecule has 0 aromatic carbocycles. The maximum absolute atomic E-state index is 12.0. The van der Waals surface area contributed by atoms with E-state index in [4.69, 9.17) is 9.47 Å². The van der Waals surface area contributed by atoms with E-state index in [2.05, 4.69) is 10.2 Å². The zero-order valence-corrected chi connectivity index (χ0v) is 14.5. The van der Waals surface area contributed by atoms with Gasteiger partial charge in [-0.05, 0) is 40.2 Å². The summed E-state index contributed by atoms with van der Waals surface area (Å²) in [6, 6.07) is 0. The minimum atomic E-state index is -0.417. The number of methoxy groups -OCH3 is 1. The lowest BCUT2D eigenvalue weighted by atomic mass is 9.91. The van der Waals surface area contributed by atoms with E-state index in [1.54, 1.807) is 7.11 Å². The second-order valence-electron chi connectivity index (χ2n) is 7.40. The summed E-state index contributed by atoms with van der Waals surface area (Å²) in [6.45, 7) is 12.1. The Morgan fingerprint density at radius 1 is 1.18 bits per heavy atom. The second-order valence-corrected chi connectivity index (χ2v) is 7.40. The standard InChI is InChI=1S/C16H31N3O3/c1-15(2,3)22-14(20)19-10-8-18(9-11-19)7-5-6-16(21-4)12-17-13-16/h17H,5-13H2,1-4H3. The van der Waals surface area contributed by atoms with Gasteiger partial charge >= 0.3 is 6.09 Å². The Bertz CT molecular complexity index is 364. The van der Waals surface area contributed by atoms with Crippen molar-refractivity contribution in [1.82, 2.24) is 15.1 Å². The lowest BCUT2D eigenvalue weighted by molar-refractivity contribution is -0.0597. The number of amides is 1. The highest BCUT2D eigenvalue weighted by molar-refractivity contribution is 5.68. The van der Waals surface area contributed by atoms with E-state index in [0.717, 1.165) is 58.7 Å². The molecule has 0 radical (unpaired) electrons. The normalized spacial score (nSPS) is 22.3. The van der Waals surface area contributed by atoms with Gasteiger partial charge in [0.1, 0.15) is 5.60 Å². The minimum Gasteiger partial charge on any atom is -0.444 e. The van der Waals surface area contributed by atoms with Crippen LogP contribution in [0.2, 0.25) is 0 Å². The van der Waals surface area contributed by atoms with Crippen molar-refractivity contribution >= 4 is 6.09 Å². The van der Waals surface area contributed by atoms with Crippen molar-refractivity contribution in [2.24, 2.45) is 0 Å². The van der Waals surface area contributed by atoms with Gasteiger partial charge in [0.15, 0.2) is 0 Å². The lowest BCUT2D eigenvalue weighted by Gasteiger charge is -2.42. The predicted molar refractivity (Wildman–Crippen MR) is 86.1 cm³/mol. The van der Waals surface area contributed by atoms with Gasteiger partial charge in [0, 0.05) is 46.4 Å². The van der Waals surface area contributed by atoms with Crippen molar-refractivity contribution in [3.05, 3.63) is 0 Å². The van der Waals surface area contributed by atoms with E-state index in [1.165, 1.54) is 0 Å². The molecule has 0 saturated carbocycles. The third kappa shape index (κ3) is 4.83. The maximum Gasteiger partial charge on any atom is 0.410 e. The van der Waals surface area contributed by atoms with Gasteiger partial charge in [0.2, 0.25) is 0 Å². The summed E-state index contributed by atoms with van der Waals surface area (Å²) in [6.07, 6.45) is 2.05. The summed E-state index contributed by atoms with van der Waals surface area (Å²) in [4.78, 5) is 16.3. The number of nitrogens with one attached hydrogen (secondary N) is 1. The van der Waals surface area contributed by atoms with Crippen LogP contribution in [-0.2, 0) is 9.47 Å². The number of nitrogens with zero attached hydrogens (tertiary/aromatic N) is 2.